The van der Waals surface area contributed by atoms with Crippen molar-refractivity contribution < 1.29 is 36.5 Å². The molecule has 5 N–H and O–H groups in total. The minimum Gasteiger partial charge on any atom is -0.395 e. The summed E-state index contributed by atoms with van der Waals surface area (Å²) in [6, 6.07) is 4.41. The third-order valence-electron chi connectivity index (χ3n) is 11.5. The number of aromatic nitrogens is 8. The van der Waals surface area contributed by atoms with E-state index in [-0.39, 0.29) is 56.8 Å². The van der Waals surface area contributed by atoms with E-state index < -0.39 is 24.1 Å². The molecular formula is C39H46F4N14O4. The molecular weight excluding hydrogens is 805 g/mol. The Kier molecular flexibility index (Phi) is 10.4. The number of nitrogens with one attached hydrogen (secondary N) is 3. The van der Waals surface area contributed by atoms with E-state index in [2.05, 4.69) is 40.8 Å². The highest BCUT2D eigenvalue weighted by molar-refractivity contribution is 6.02. The largest absolute Gasteiger partial charge is 0.586 e. The van der Waals surface area contributed by atoms with Crippen LogP contribution in [-0.4, -0.2) is 127 Å². The first-order chi connectivity index (χ1) is 29.6. The number of benzene rings is 2. The van der Waals surface area contributed by atoms with Gasteiger partial charge in [-0.1, -0.05) is 12.8 Å². The zero-order chi connectivity index (χ0) is 41.7. The highest BCUT2D eigenvalue weighted by Crippen LogP contribution is 2.52. The average Bonchev–Trinajstić information content (AvgIpc) is 4.02. The van der Waals surface area contributed by atoms with Crippen LogP contribution in [0.3, 0.4) is 0 Å². The molecule has 0 amide bonds. The quantitative estimate of drug-likeness (QED) is 0.157. The number of ether oxygens (including phenoxy) is 4. The molecule has 0 atom stereocenters. The van der Waals surface area contributed by atoms with Crippen LogP contribution in [0, 0.1) is 0 Å². The Morgan fingerprint density at radius 2 is 1.23 bits per heavy atom. The predicted molar refractivity (Wildman–Crippen MR) is 215 cm³/mol. The van der Waals surface area contributed by atoms with Crippen molar-refractivity contribution in [1.29, 1.82) is 0 Å². The zero-order valence-corrected chi connectivity index (χ0v) is 33.4. The lowest BCUT2D eigenvalue weighted by Crippen LogP contribution is -2.33. The number of hydrogen-bond donors (Lipinski definition) is 4. The van der Waals surface area contributed by atoms with Crippen molar-refractivity contribution in [3.8, 4) is 23.0 Å². The van der Waals surface area contributed by atoms with E-state index in [1.54, 1.807) is 6.07 Å². The Hall–Kier alpha value is -5.58. The lowest BCUT2D eigenvalue weighted by molar-refractivity contribution is -0.287. The number of anilines is 3. The molecule has 4 aliphatic heterocycles. The first-order valence-electron chi connectivity index (χ1n) is 21.0. The summed E-state index contributed by atoms with van der Waals surface area (Å²) in [6.07, 6.45) is 0.684. The summed E-state index contributed by atoms with van der Waals surface area (Å²) in [7, 11) is 0. The monoisotopic (exact) mass is 850 g/mol. The Morgan fingerprint density at radius 3 is 2.00 bits per heavy atom. The topological polar surface area (TPSA) is 192 Å². The van der Waals surface area contributed by atoms with Gasteiger partial charge in [0.15, 0.2) is 40.2 Å². The Labute approximate surface area is 346 Å². The minimum absolute atomic E-state index is 0.0162. The first kappa shape index (κ1) is 39.5. The SMILES string of the molecule is Nc1nc2c3c(c(Nc4nc5c6c(ccc5c5nc(CCN7CCCCCNCCC7)nn45)OC(F)(F)O6)cc2c2nc(CCN4CCCCCNCC4)nn12)OC(F)(F)O3. The number of rotatable bonds is 8. The summed E-state index contributed by atoms with van der Waals surface area (Å²) in [4.78, 5) is 23.5. The van der Waals surface area contributed by atoms with Gasteiger partial charge in [-0.3, -0.25) is 0 Å². The van der Waals surface area contributed by atoms with Crippen molar-refractivity contribution in [3.05, 3.63) is 29.8 Å². The molecule has 0 aliphatic carbocycles. The van der Waals surface area contributed by atoms with E-state index in [1.165, 1.54) is 21.2 Å². The highest BCUT2D eigenvalue weighted by Gasteiger charge is 2.47. The predicted octanol–water partition coefficient (Wildman–Crippen LogP) is 4.46. The molecule has 2 fully saturated rings. The lowest BCUT2D eigenvalue weighted by atomic mass is 10.1. The van der Waals surface area contributed by atoms with Gasteiger partial charge >= 0.3 is 12.6 Å². The van der Waals surface area contributed by atoms with Crippen molar-refractivity contribution in [1.82, 2.24) is 59.6 Å². The normalized spacial score (nSPS) is 20.0. The van der Waals surface area contributed by atoms with Gasteiger partial charge in [0.2, 0.25) is 17.6 Å². The molecule has 324 valence electrons. The van der Waals surface area contributed by atoms with Gasteiger partial charge in [0, 0.05) is 44.4 Å². The molecule has 2 saturated heterocycles. The van der Waals surface area contributed by atoms with Gasteiger partial charge in [-0.05, 0) is 89.6 Å². The fourth-order valence-electron chi connectivity index (χ4n) is 8.47. The van der Waals surface area contributed by atoms with Crippen LogP contribution in [0.1, 0.15) is 56.6 Å². The number of alkyl halides is 4. The fourth-order valence-corrected chi connectivity index (χ4v) is 8.47. The molecule has 18 nitrogen and oxygen atoms in total. The summed E-state index contributed by atoms with van der Waals surface area (Å²) in [5.74, 6) is -0.531. The van der Waals surface area contributed by atoms with Crippen molar-refractivity contribution in [3.63, 3.8) is 0 Å². The number of nitrogens with zero attached hydrogens (tertiary/aromatic N) is 10. The molecule has 2 aromatic carbocycles. The van der Waals surface area contributed by atoms with Crippen LogP contribution in [0.5, 0.6) is 23.0 Å². The number of nitrogens with two attached hydrogens (primary N) is 1. The van der Waals surface area contributed by atoms with Gasteiger partial charge in [0.1, 0.15) is 11.0 Å². The number of nitrogen functional groups attached to an aromatic ring is 1. The molecule has 6 aromatic rings. The van der Waals surface area contributed by atoms with Crippen molar-refractivity contribution in [2.24, 2.45) is 0 Å². The second kappa shape index (κ2) is 16.0. The molecule has 10 rings (SSSR count). The van der Waals surface area contributed by atoms with E-state index in [0.29, 0.717) is 43.0 Å². The van der Waals surface area contributed by atoms with Crippen LogP contribution < -0.4 is 40.6 Å². The third-order valence-corrected chi connectivity index (χ3v) is 11.5. The van der Waals surface area contributed by atoms with Crippen molar-refractivity contribution in [2.45, 2.75) is 70.4 Å². The summed E-state index contributed by atoms with van der Waals surface area (Å²) >= 11 is 0. The molecule has 61 heavy (non-hydrogen) atoms. The summed E-state index contributed by atoms with van der Waals surface area (Å²) in [5.41, 5.74) is 6.80. The molecule has 0 radical (unpaired) electrons. The Bertz CT molecular complexity index is 2590. The molecule has 8 heterocycles. The maximum absolute atomic E-state index is 15.0. The maximum atomic E-state index is 15.0. The van der Waals surface area contributed by atoms with Gasteiger partial charge in [-0.2, -0.15) is 9.03 Å². The molecule has 4 aliphatic rings. The Balaban J connectivity index is 1.04. The molecule has 0 bridgehead atoms. The van der Waals surface area contributed by atoms with Crippen LogP contribution >= 0.6 is 0 Å². The van der Waals surface area contributed by atoms with Gasteiger partial charge < -0.3 is 50.4 Å². The van der Waals surface area contributed by atoms with Crippen LogP contribution in [-0.2, 0) is 12.8 Å². The fraction of sp³-hybridized carbons (Fsp3) is 0.538. The lowest BCUT2D eigenvalue weighted by Gasteiger charge is -2.23. The average molecular weight is 851 g/mol. The molecule has 0 spiro atoms. The van der Waals surface area contributed by atoms with Crippen molar-refractivity contribution in [2.75, 3.05) is 76.5 Å². The van der Waals surface area contributed by atoms with E-state index in [1.807, 2.05) is 0 Å². The van der Waals surface area contributed by atoms with Gasteiger partial charge in [-0.15, -0.1) is 27.8 Å². The smallest absolute Gasteiger partial charge is 0.395 e. The summed E-state index contributed by atoms with van der Waals surface area (Å²) < 4.78 is 81.6. The molecule has 0 saturated carbocycles. The molecule has 4 aromatic heterocycles. The summed E-state index contributed by atoms with van der Waals surface area (Å²) in [5, 5.41) is 20.1. The van der Waals surface area contributed by atoms with Crippen molar-refractivity contribution >= 4 is 50.7 Å². The molecule has 22 heteroatoms. The van der Waals surface area contributed by atoms with Gasteiger partial charge in [-0.25, -0.2) is 19.9 Å². The number of halogens is 4. The second-order valence-corrected chi connectivity index (χ2v) is 15.8. The molecule has 0 unspecified atom stereocenters. The van der Waals surface area contributed by atoms with E-state index in [4.69, 9.17) is 39.7 Å². The zero-order valence-electron chi connectivity index (χ0n) is 33.4. The Morgan fingerprint density at radius 1 is 0.623 bits per heavy atom. The standard InChI is InChI=1S/C39H46F4N14O4/c40-38(41)58-26-9-8-23-29(32(26)60-38)51-37(57-34(23)48-28(53-57)10-19-54-16-5-1-3-12-45-14-7-18-54)47-25-22-24-30(33-31(25)59-39(42,43)61-33)50-36(44)56-35(24)49-27(52-56)11-20-55-17-6-2-4-13-46-15-21-55/h8-9,22,45-46H,1-7,10-21H2,(H2,44,50)(H,47,51). The van der Waals surface area contributed by atoms with Crippen LogP contribution in [0.2, 0.25) is 0 Å². The first-order valence-corrected chi connectivity index (χ1v) is 21.0. The van der Waals surface area contributed by atoms with E-state index in [0.717, 1.165) is 97.3 Å². The third kappa shape index (κ3) is 8.04. The van der Waals surface area contributed by atoms with Gasteiger partial charge in [0.25, 0.3) is 0 Å². The minimum atomic E-state index is -4.07. The number of fused-ring (bicyclic) bond motifs is 10. The number of hydrogen-bond acceptors (Lipinski definition) is 16. The van der Waals surface area contributed by atoms with Crippen LogP contribution in [0.25, 0.3) is 33.1 Å². The second-order valence-electron chi connectivity index (χ2n) is 15.8. The van der Waals surface area contributed by atoms with E-state index in [9.17, 15) is 8.78 Å². The maximum Gasteiger partial charge on any atom is 0.586 e. The summed E-state index contributed by atoms with van der Waals surface area (Å²) in [6.45, 7) is 8.94. The highest BCUT2D eigenvalue weighted by atomic mass is 19.3. The van der Waals surface area contributed by atoms with Crippen LogP contribution in [0.4, 0.5) is 35.1 Å². The van der Waals surface area contributed by atoms with E-state index >= 15 is 8.78 Å². The van der Waals surface area contributed by atoms with Crippen LogP contribution in [0.15, 0.2) is 18.2 Å². The van der Waals surface area contributed by atoms with Gasteiger partial charge in [0.05, 0.1) is 11.1 Å².